The van der Waals surface area contributed by atoms with Crippen molar-refractivity contribution in [2.75, 3.05) is 39.2 Å². The molecule has 0 aliphatic carbocycles. The number of nitrogens with zero attached hydrogens (tertiary/aromatic N) is 4. The maximum absolute atomic E-state index is 14.1. The van der Waals surface area contributed by atoms with Gasteiger partial charge in [0, 0.05) is 43.6 Å². The number of para-hydroxylation sites is 1. The van der Waals surface area contributed by atoms with Gasteiger partial charge in [0.05, 0.1) is 31.1 Å². The van der Waals surface area contributed by atoms with Crippen molar-refractivity contribution >= 4 is 11.8 Å². The molecule has 3 heterocycles. The van der Waals surface area contributed by atoms with E-state index in [4.69, 9.17) is 19.4 Å². The van der Waals surface area contributed by atoms with Crippen LogP contribution in [0.15, 0.2) is 66.9 Å². The highest BCUT2D eigenvalue weighted by atomic mass is 19.2. The summed E-state index contributed by atoms with van der Waals surface area (Å²) in [5, 5.41) is 12.3. The summed E-state index contributed by atoms with van der Waals surface area (Å²) in [5.74, 6) is -1.02. The summed E-state index contributed by atoms with van der Waals surface area (Å²) in [6, 6.07) is 15.5. The Hall–Kier alpha value is -4.39. The van der Waals surface area contributed by atoms with Crippen molar-refractivity contribution < 1.29 is 27.9 Å². The number of rotatable bonds is 9. The topological polar surface area (TPSA) is 103 Å². The molecule has 4 aromatic rings. The lowest BCUT2D eigenvalue weighted by Crippen LogP contribution is -2.42. The van der Waals surface area contributed by atoms with E-state index in [1.165, 1.54) is 6.07 Å². The third kappa shape index (κ3) is 6.19. The minimum Gasteiger partial charge on any atom is -0.481 e. The fraction of sp³-hybridized carbons (Fsp3) is 0.276. The maximum atomic E-state index is 14.1. The van der Waals surface area contributed by atoms with Crippen LogP contribution in [-0.2, 0) is 9.57 Å². The number of halogens is 2. The second-order valence-electron chi connectivity index (χ2n) is 9.44. The molecule has 1 fully saturated rings. The minimum atomic E-state index is -0.993. The average molecular weight is 565 g/mol. The molecule has 1 saturated heterocycles. The van der Waals surface area contributed by atoms with Gasteiger partial charge in [0.25, 0.3) is 0 Å². The van der Waals surface area contributed by atoms with Crippen LogP contribution in [0.3, 0.4) is 0 Å². The minimum absolute atomic E-state index is 0.306. The number of methoxy groups -OCH3 is 2. The van der Waals surface area contributed by atoms with Gasteiger partial charge in [-0.3, -0.25) is 10.2 Å². The van der Waals surface area contributed by atoms with Crippen LogP contribution in [0, 0.1) is 18.6 Å². The summed E-state index contributed by atoms with van der Waals surface area (Å²) in [7, 11) is 3.11. The molecule has 0 saturated carbocycles. The summed E-state index contributed by atoms with van der Waals surface area (Å²) < 4.78 is 39.6. The van der Waals surface area contributed by atoms with E-state index in [0.29, 0.717) is 42.7 Å². The zero-order valence-electron chi connectivity index (χ0n) is 22.8. The largest absolute Gasteiger partial charge is 0.481 e. The Labute approximate surface area is 235 Å². The van der Waals surface area contributed by atoms with Crippen molar-refractivity contribution in [1.29, 1.82) is 0 Å². The van der Waals surface area contributed by atoms with Gasteiger partial charge in [0.1, 0.15) is 11.9 Å². The van der Waals surface area contributed by atoms with E-state index in [-0.39, 0.29) is 0 Å². The summed E-state index contributed by atoms with van der Waals surface area (Å²) in [5.41, 5.74) is 3.24. The van der Waals surface area contributed by atoms with Crippen LogP contribution >= 0.6 is 0 Å². The molecule has 2 N–H and O–H groups in total. The number of hydrogen-bond acceptors (Lipinski definition) is 7. The number of carbonyl (C=O) groups excluding carboxylic acids is 1. The molecule has 1 aliphatic rings. The van der Waals surface area contributed by atoms with Gasteiger partial charge in [-0.05, 0) is 42.8 Å². The van der Waals surface area contributed by atoms with Crippen molar-refractivity contribution in [1.82, 2.24) is 25.1 Å². The summed E-state index contributed by atoms with van der Waals surface area (Å²) in [4.78, 5) is 23.7. The third-order valence-corrected chi connectivity index (χ3v) is 6.74. The molecule has 5 rings (SSSR count). The van der Waals surface area contributed by atoms with E-state index in [0.717, 1.165) is 28.9 Å². The second kappa shape index (κ2) is 12.4. The summed E-state index contributed by atoms with van der Waals surface area (Å²) in [6.07, 6.45) is 0.915. The average Bonchev–Trinajstić information content (AvgIpc) is 3.54. The number of urea groups is 1. The van der Waals surface area contributed by atoms with E-state index in [1.54, 1.807) is 36.2 Å². The molecule has 41 heavy (non-hydrogen) atoms. The number of carbonyl (C=O) groups is 1. The quantitative estimate of drug-likeness (QED) is 0.305. The number of ether oxygens (including phenoxy) is 2. The molecule has 10 nitrogen and oxygen atoms in total. The number of aromatic nitrogens is 3. The Morgan fingerprint density at radius 2 is 1.90 bits per heavy atom. The monoisotopic (exact) mass is 564 g/mol. The van der Waals surface area contributed by atoms with Crippen molar-refractivity contribution in [3.8, 4) is 22.8 Å². The maximum Gasteiger partial charge on any atom is 0.320 e. The van der Waals surface area contributed by atoms with Crippen LogP contribution in [-0.4, -0.2) is 65.8 Å². The zero-order valence-corrected chi connectivity index (χ0v) is 22.8. The number of amides is 2. The van der Waals surface area contributed by atoms with E-state index >= 15 is 0 Å². The number of pyridine rings is 1. The third-order valence-electron chi connectivity index (χ3n) is 6.74. The molecule has 214 valence electrons. The first-order valence-corrected chi connectivity index (χ1v) is 13.0. The number of hydroxylamine groups is 2. The first kappa shape index (κ1) is 28.1. The number of benzene rings is 2. The lowest BCUT2D eigenvalue weighted by Gasteiger charge is -2.20. The first-order valence-electron chi connectivity index (χ1n) is 13.0. The van der Waals surface area contributed by atoms with Gasteiger partial charge in [0.2, 0.25) is 5.88 Å². The Kier molecular flexibility index (Phi) is 8.53. The number of hydrogen-bond donors (Lipinski definition) is 2. The standard InChI is InChI=1S/C29H30F2N6O4/c1-18-26(20-10-12-25(40-3)32-16-20)35-37(21-7-5-4-6-8-21)28(18)34-29(38)33-24-17-36(13-14-39-2)41-27(24)19-9-11-22(30)23(31)15-19/h4-12,15-16,24,27H,13-14,17H2,1-3H3,(H2,33,34,38)/t24-,27+/m1/s1. The Morgan fingerprint density at radius 3 is 2.59 bits per heavy atom. The number of anilines is 1. The highest BCUT2D eigenvalue weighted by Gasteiger charge is 2.37. The van der Waals surface area contributed by atoms with E-state index < -0.39 is 29.8 Å². The van der Waals surface area contributed by atoms with E-state index in [2.05, 4.69) is 15.6 Å². The Balaban J connectivity index is 1.42. The molecule has 0 unspecified atom stereocenters. The van der Waals surface area contributed by atoms with E-state index in [9.17, 15) is 13.6 Å². The molecular formula is C29H30F2N6O4. The van der Waals surface area contributed by atoms with Gasteiger partial charge in [-0.1, -0.05) is 24.3 Å². The van der Waals surface area contributed by atoms with Crippen LogP contribution in [0.25, 0.3) is 16.9 Å². The molecular weight excluding hydrogens is 534 g/mol. The highest BCUT2D eigenvalue weighted by molar-refractivity contribution is 5.91. The first-order chi connectivity index (χ1) is 19.9. The molecule has 0 radical (unpaired) electrons. The molecule has 0 bridgehead atoms. The van der Waals surface area contributed by atoms with Gasteiger partial charge in [0.15, 0.2) is 11.6 Å². The molecule has 12 heteroatoms. The van der Waals surface area contributed by atoms with Crippen molar-refractivity contribution in [3.63, 3.8) is 0 Å². The summed E-state index contributed by atoms with van der Waals surface area (Å²) >= 11 is 0. The lowest BCUT2D eigenvalue weighted by molar-refractivity contribution is -0.154. The lowest BCUT2D eigenvalue weighted by atomic mass is 10.0. The summed E-state index contributed by atoms with van der Waals surface area (Å²) in [6.45, 7) is 2.98. The molecule has 2 aromatic heterocycles. The zero-order chi connectivity index (χ0) is 28.9. The van der Waals surface area contributed by atoms with Crippen LogP contribution in [0.5, 0.6) is 5.88 Å². The predicted octanol–water partition coefficient (Wildman–Crippen LogP) is 4.65. The normalized spacial score (nSPS) is 17.0. The van der Waals surface area contributed by atoms with Crippen LogP contribution in [0.4, 0.5) is 19.4 Å². The van der Waals surface area contributed by atoms with Gasteiger partial charge < -0.3 is 14.8 Å². The van der Waals surface area contributed by atoms with Gasteiger partial charge in [-0.25, -0.2) is 23.2 Å². The highest BCUT2D eigenvalue weighted by Crippen LogP contribution is 2.32. The SMILES string of the molecule is COCCN1C[C@@H](NC(=O)Nc2c(C)c(-c3ccc(OC)nc3)nn2-c2ccccc2)[C@H](c2ccc(F)c(F)c2)O1. The fourth-order valence-electron chi connectivity index (χ4n) is 4.66. The van der Waals surface area contributed by atoms with Crippen LogP contribution in [0.1, 0.15) is 17.2 Å². The molecule has 2 amide bonds. The second-order valence-corrected chi connectivity index (χ2v) is 9.44. The van der Waals surface area contributed by atoms with E-state index in [1.807, 2.05) is 43.3 Å². The fourth-order valence-corrected chi connectivity index (χ4v) is 4.66. The van der Waals surface area contributed by atoms with Gasteiger partial charge >= 0.3 is 6.03 Å². The van der Waals surface area contributed by atoms with Crippen molar-refractivity contribution in [2.45, 2.75) is 19.1 Å². The van der Waals surface area contributed by atoms with Crippen LogP contribution < -0.4 is 15.4 Å². The molecule has 1 aliphatic heterocycles. The van der Waals surface area contributed by atoms with Crippen molar-refractivity contribution in [2.24, 2.45) is 0 Å². The van der Waals surface area contributed by atoms with Crippen LogP contribution in [0.2, 0.25) is 0 Å². The predicted molar refractivity (Wildman–Crippen MR) is 148 cm³/mol. The Bertz CT molecular complexity index is 1500. The molecule has 2 aromatic carbocycles. The van der Waals surface area contributed by atoms with Crippen molar-refractivity contribution in [3.05, 3.63) is 89.6 Å². The number of nitrogens with one attached hydrogen (secondary N) is 2. The molecule has 0 spiro atoms. The van der Waals surface area contributed by atoms with Gasteiger partial charge in [-0.15, -0.1) is 0 Å². The molecule has 2 atom stereocenters. The smallest absolute Gasteiger partial charge is 0.320 e. The van der Waals surface area contributed by atoms with Gasteiger partial charge in [-0.2, -0.15) is 10.2 Å². The Morgan fingerprint density at radius 1 is 1.10 bits per heavy atom.